The quantitative estimate of drug-likeness (QED) is 0.741. The van der Waals surface area contributed by atoms with Gasteiger partial charge in [-0.25, -0.2) is 0 Å². The Kier molecular flexibility index (Phi) is 4.61. The zero-order valence-corrected chi connectivity index (χ0v) is 13.7. The first kappa shape index (κ1) is 16.4. The molecule has 3 aromatic rings. The minimum absolute atomic E-state index is 0.225. The summed E-state index contributed by atoms with van der Waals surface area (Å²) in [5, 5.41) is 2.68. The van der Waals surface area contributed by atoms with Crippen LogP contribution in [0.4, 0.5) is 5.69 Å². The Morgan fingerprint density at radius 1 is 0.920 bits per heavy atom. The molecule has 0 atom stereocenters. The van der Waals surface area contributed by atoms with Gasteiger partial charge in [0.25, 0.3) is 0 Å². The van der Waals surface area contributed by atoms with E-state index in [-0.39, 0.29) is 12.5 Å². The Hall–Kier alpha value is -3.41. The number of benzene rings is 2. The monoisotopic (exact) mass is 335 g/mol. The van der Waals surface area contributed by atoms with Gasteiger partial charge >= 0.3 is 11.1 Å². The molecule has 0 aliphatic rings. The van der Waals surface area contributed by atoms with Gasteiger partial charge in [0.05, 0.1) is 5.69 Å². The highest BCUT2D eigenvalue weighted by atomic mass is 16.2. The van der Waals surface area contributed by atoms with Gasteiger partial charge in [-0.1, -0.05) is 36.4 Å². The van der Waals surface area contributed by atoms with Gasteiger partial charge in [0.15, 0.2) is 0 Å². The molecule has 1 N–H and O–H groups in total. The highest BCUT2D eigenvalue weighted by molar-refractivity contribution is 5.90. The summed E-state index contributed by atoms with van der Waals surface area (Å²) in [5.74, 6) is -0.374. The number of anilines is 1. The molecule has 1 aromatic heterocycles. The van der Waals surface area contributed by atoms with Gasteiger partial charge in [0.2, 0.25) is 5.91 Å². The average Bonchev–Trinajstić information content (AvgIpc) is 2.61. The van der Waals surface area contributed by atoms with Crippen LogP contribution in [0, 0.1) is 6.92 Å². The van der Waals surface area contributed by atoms with Crippen LogP contribution in [-0.4, -0.2) is 15.0 Å². The van der Waals surface area contributed by atoms with Crippen molar-refractivity contribution in [3.8, 4) is 5.69 Å². The molecule has 126 valence electrons. The maximum absolute atomic E-state index is 12.4. The topological polar surface area (TPSA) is 73.1 Å². The minimum atomic E-state index is -0.742. The Morgan fingerprint density at radius 2 is 1.60 bits per heavy atom. The second-order valence-corrected chi connectivity index (χ2v) is 5.61. The molecule has 0 radical (unpaired) electrons. The zero-order valence-electron chi connectivity index (χ0n) is 13.7. The van der Waals surface area contributed by atoms with Crippen molar-refractivity contribution in [2.24, 2.45) is 0 Å². The summed E-state index contributed by atoms with van der Waals surface area (Å²) in [7, 11) is 0. The van der Waals surface area contributed by atoms with Crippen molar-refractivity contribution in [2.45, 2.75) is 13.5 Å². The summed E-state index contributed by atoms with van der Waals surface area (Å²) < 4.78 is 2.40. The van der Waals surface area contributed by atoms with Crippen molar-refractivity contribution < 1.29 is 4.79 Å². The molecule has 0 fully saturated rings. The molecule has 0 aliphatic carbocycles. The fourth-order valence-corrected chi connectivity index (χ4v) is 2.53. The molecule has 0 unspecified atom stereocenters. The number of hydrogen-bond donors (Lipinski definition) is 1. The van der Waals surface area contributed by atoms with Gasteiger partial charge in [-0.3, -0.25) is 23.5 Å². The molecule has 0 saturated carbocycles. The van der Waals surface area contributed by atoms with Crippen LogP contribution in [0.1, 0.15) is 5.56 Å². The van der Waals surface area contributed by atoms with Crippen LogP contribution in [0.2, 0.25) is 0 Å². The second kappa shape index (κ2) is 7.00. The average molecular weight is 335 g/mol. The first-order valence-corrected chi connectivity index (χ1v) is 7.79. The number of aromatic nitrogens is 2. The first-order valence-electron chi connectivity index (χ1n) is 7.79. The SMILES string of the molecule is Cc1ccccc1-n1ccn(CC(=O)Nc2ccccc2)c(=O)c1=O. The van der Waals surface area contributed by atoms with E-state index in [0.717, 1.165) is 10.1 Å². The van der Waals surface area contributed by atoms with E-state index in [4.69, 9.17) is 0 Å². The maximum atomic E-state index is 12.4. The van der Waals surface area contributed by atoms with E-state index >= 15 is 0 Å². The Bertz CT molecular complexity index is 1020. The van der Waals surface area contributed by atoms with Crippen molar-refractivity contribution in [1.82, 2.24) is 9.13 Å². The Balaban J connectivity index is 1.86. The van der Waals surface area contributed by atoms with Crippen LogP contribution in [0.15, 0.2) is 76.6 Å². The number of amides is 1. The summed E-state index contributed by atoms with van der Waals surface area (Å²) in [6, 6.07) is 16.2. The summed E-state index contributed by atoms with van der Waals surface area (Å²) in [6.45, 7) is 1.64. The van der Waals surface area contributed by atoms with Crippen molar-refractivity contribution >= 4 is 11.6 Å². The van der Waals surface area contributed by atoms with Crippen LogP contribution in [-0.2, 0) is 11.3 Å². The van der Waals surface area contributed by atoms with Gasteiger partial charge in [-0.15, -0.1) is 0 Å². The minimum Gasteiger partial charge on any atom is -0.325 e. The Morgan fingerprint density at radius 3 is 2.32 bits per heavy atom. The molecule has 0 saturated heterocycles. The van der Waals surface area contributed by atoms with Gasteiger partial charge in [0, 0.05) is 18.1 Å². The number of nitrogens with zero attached hydrogens (tertiary/aromatic N) is 2. The fraction of sp³-hybridized carbons (Fsp3) is 0.105. The van der Waals surface area contributed by atoms with Crippen LogP contribution >= 0.6 is 0 Å². The summed E-state index contributed by atoms with van der Waals surface area (Å²) in [4.78, 5) is 36.8. The van der Waals surface area contributed by atoms with Crippen molar-refractivity contribution in [2.75, 3.05) is 5.32 Å². The third kappa shape index (κ3) is 3.58. The standard InChI is InChI=1S/C19H17N3O3/c1-14-7-5-6-10-16(14)22-12-11-21(18(24)19(22)25)13-17(23)20-15-8-3-2-4-9-15/h2-12H,13H2,1H3,(H,20,23). The number of nitrogens with one attached hydrogen (secondary N) is 1. The third-order valence-electron chi connectivity index (χ3n) is 3.80. The van der Waals surface area contributed by atoms with E-state index in [9.17, 15) is 14.4 Å². The zero-order chi connectivity index (χ0) is 17.8. The number of rotatable bonds is 4. The lowest BCUT2D eigenvalue weighted by atomic mass is 10.2. The predicted octanol–water partition coefficient (Wildman–Crippen LogP) is 1.95. The summed E-state index contributed by atoms with van der Waals surface area (Å²) in [6.07, 6.45) is 2.95. The highest BCUT2D eigenvalue weighted by Gasteiger charge is 2.11. The van der Waals surface area contributed by atoms with Crippen LogP contribution in [0.3, 0.4) is 0 Å². The molecule has 0 spiro atoms. The fourth-order valence-electron chi connectivity index (χ4n) is 2.53. The highest BCUT2D eigenvalue weighted by Crippen LogP contribution is 2.10. The molecule has 2 aromatic carbocycles. The Labute approximate surface area is 144 Å². The summed E-state index contributed by atoms with van der Waals surface area (Å²) in [5.41, 5.74) is 0.723. The van der Waals surface area contributed by atoms with E-state index in [0.29, 0.717) is 11.4 Å². The van der Waals surface area contributed by atoms with Crippen LogP contribution < -0.4 is 16.4 Å². The molecule has 6 heteroatoms. The summed E-state index contributed by atoms with van der Waals surface area (Å²) >= 11 is 0. The van der Waals surface area contributed by atoms with E-state index in [1.54, 1.807) is 36.4 Å². The van der Waals surface area contributed by atoms with Crippen LogP contribution in [0.5, 0.6) is 0 Å². The molecule has 3 rings (SSSR count). The predicted molar refractivity (Wildman–Crippen MR) is 96.1 cm³/mol. The van der Waals surface area contributed by atoms with Gasteiger partial charge in [-0.2, -0.15) is 0 Å². The molecule has 0 bridgehead atoms. The lowest BCUT2D eigenvalue weighted by Gasteiger charge is -2.11. The number of carbonyl (C=O) groups excluding carboxylic acids is 1. The molecular weight excluding hydrogens is 318 g/mol. The lowest BCUT2D eigenvalue weighted by Crippen LogP contribution is -2.41. The first-order chi connectivity index (χ1) is 12.1. The number of hydrogen-bond acceptors (Lipinski definition) is 3. The normalized spacial score (nSPS) is 10.4. The van der Waals surface area contributed by atoms with E-state index < -0.39 is 11.1 Å². The van der Waals surface area contributed by atoms with E-state index in [1.165, 1.54) is 17.0 Å². The smallest absolute Gasteiger partial charge is 0.320 e. The van der Waals surface area contributed by atoms with Gasteiger partial charge in [-0.05, 0) is 30.7 Å². The van der Waals surface area contributed by atoms with E-state index in [2.05, 4.69) is 5.32 Å². The number of aryl methyl sites for hydroxylation is 1. The van der Waals surface area contributed by atoms with E-state index in [1.807, 2.05) is 25.1 Å². The maximum Gasteiger partial charge on any atom is 0.320 e. The molecular formula is C19H17N3O3. The van der Waals surface area contributed by atoms with Gasteiger partial charge in [0.1, 0.15) is 6.54 Å². The number of para-hydroxylation sites is 2. The third-order valence-corrected chi connectivity index (χ3v) is 3.80. The second-order valence-electron chi connectivity index (χ2n) is 5.61. The molecule has 0 aliphatic heterocycles. The van der Waals surface area contributed by atoms with Gasteiger partial charge < -0.3 is 5.32 Å². The van der Waals surface area contributed by atoms with Crippen molar-refractivity contribution in [3.05, 3.63) is 93.3 Å². The lowest BCUT2D eigenvalue weighted by molar-refractivity contribution is -0.116. The van der Waals surface area contributed by atoms with Crippen molar-refractivity contribution in [1.29, 1.82) is 0 Å². The largest absolute Gasteiger partial charge is 0.325 e. The van der Waals surface area contributed by atoms with Crippen LogP contribution in [0.25, 0.3) is 5.69 Å². The molecule has 6 nitrogen and oxygen atoms in total. The molecule has 25 heavy (non-hydrogen) atoms. The molecule has 1 heterocycles. The number of carbonyl (C=O) groups is 1. The molecule has 1 amide bonds. The van der Waals surface area contributed by atoms with Crippen molar-refractivity contribution in [3.63, 3.8) is 0 Å².